The molecule has 2 rings (SSSR count). The third-order valence-corrected chi connectivity index (χ3v) is 3.36. The summed E-state index contributed by atoms with van der Waals surface area (Å²) in [6.45, 7) is 5.98. The lowest BCUT2D eigenvalue weighted by molar-refractivity contribution is 0.821. The minimum Gasteiger partial charge on any atom is -0.383 e. The van der Waals surface area contributed by atoms with E-state index in [2.05, 4.69) is 33.7 Å². The normalized spacial score (nSPS) is 10.5. The van der Waals surface area contributed by atoms with E-state index in [0.29, 0.717) is 5.82 Å². The Kier molecular flexibility index (Phi) is 3.53. The zero-order valence-electron chi connectivity index (χ0n) is 9.92. The topological polar surface area (TPSA) is 67.9 Å². The minimum absolute atomic E-state index is 0.540. The summed E-state index contributed by atoms with van der Waals surface area (Å²) < 4.78 is 0. The molecule has 0 aliphatic heterocycles. The molecule has 0 bridgehead atoms. The van der Waals surface area contributed by atoms with Crippen molar-refractivity contribution < 1.29 is 0 Å². The van der Waals surface area contributed by atoms with Crippen LogP contribution in [0, 0.1) is 0 Å². The van der Waals surface area contributed by atoms with E-state index in [9.17, 15) is 0 Å². The highest BCUT2D eigenvalue weighted by molar-refractivity contribution is 7.13. The first-order valence-corrected chi connectivity index (χ1v) is 6.41. The molecule has 6 heteroatoms. The van der Waals surface area contributed by atoms with Gasteiger partial charge >= 0.3 is 0 Å². The van der Waals surface area contributed by atoms with Crippen LogP contribution in [0.5, 0.6) is 0 Å². The van der Waals surface area contributed by atoms with Crippen LogP contribution in [-0.4, -0.2) is 28.0 Å². The number of nitrogens with zero attached hydrogens (tertiary/aromatic N) is 4. The molecule has 0 saturated heterocycles. The number of nitrogen functional groups attached to an aromatic ring is 1. The highest BCUT2D eigenvalue weighted by atomic mass is 32.1. The van der Waals surface area contributed by atoms with Crippen molar-refractivity contribution in [3.05, 3.63) is 17.8 Å². The van der Waals surface area contributed by atoms with Gasteiger partial charge in [-0.2, -0.15) is 0 Å². The predicted molar refractivity (Wildman–Crippen MR) is 71.1 cm³/mol. The Bertz CT molecular complexity index is 475. The molecule has 0 unspecified atom stereocenters. The third kappa shape index (κ3) is 2.52. The molecule has 0 spiro atoms. The van der Waals surface area contributed by atoms with Gasteiger partial charge in [-0.05, 0) is 13.8 Å². The number of rotatable bonds is 4. The van der Waals surface area contributed by atoms with Gasteiger partial charge < -0.3 is 10.6 Å². The highest BCUT2D eigenvalue weighted by Gasteiger charge is 2.07. The van der Waals surface area contributed by atoms with Crippen LogP contribution in [-0.2, 0) is 0 Å². The van der Waals surface area contributed by atoms with Crippen molar-refractivity contribution >= 4 is 23.1 Å². The molecule has 0 fully saturated rings. The molecular weight excluding hydrogens is 234 g/mol. The summed E-state index contributed by atoms with van der Waals surface area (Å²) in [5.41, 5.74) is 6.49. The maximum absolute atomic E-state index is 5.59. The van der Waals surface area contributed by atoms with E-state index in [-0.39, 0.29) is 0 Å². The molecule has 90 valence electrons. The quantitative estimate of drug-likeness (QED) is 0.898. The van der Waals surface area contributed by atoms with E-state index in [1.165, 1.54) is 11.3 Å². The molecule has 2 heterocycles. The number of hydrogen-bond acceptors (Lipinski definition) is 6. The minimum atomic E-state index is 0.540. The van der Waals surface area contributed by atoms with Crippen LogP contribution in [0.2, 0.25) is 0 Å². The van der Waals surface area contributed by atoms with Gasteiger partial charge in [0, 0.05) is 36.4 Å². The summed E-state index contributed by atoms with van der Waals surface area (Å²) >= 11 is 1.50. The van der Waals surface area contributed by atoms with Gasteiger partial charge in [-0.3, -0.25) is 0 Å². The van der Waals surface area contributed by atoms with Crippen LogP contribution in [0.3, 0.4) is 0 Å². The Morgan fingerprint density at radius 2 is 1.88 bits per heavy atom. The maximum Gasteiger partial charge on any atom is 0.225 e. The fourth-order valence-corrected chi connectivity index (χ4v) is 2.20. The molecular formula is C11H15N5S. The van der Waals surface area contributed by atoms with Crippen molar-refractivity contribution in [1.29, 1.82) is 0 Å². The van der Waals surface area contributed by atoms with Crippen LogP contribution < -0.4 is 10.6 Å². The lowest BCUT2D eigenvalue weighted by Gasteiger charge is -2.17. The summed E-state index contributed by atoms with van der Waals surface area (Å²) in [6, 6.07) is 0. The van der Waals surface area contributed by atoms with Crippen LogP contribution in [0.1, 0.15) is 13.8 Å². The summed E-state index contributed by atoms with van der Waals surface area (Å²) in [7, 11) is 0. The molecule has 0 aromatic carbocycles. The van der Waals surface area contributed by atoms with Crippen molar-refractivity contribution in [3.63, 3.8) is 0 Å². The summed E-state index contributed by atoms with van der Waals surface area (Å²) in [4.78, 5) is 15.0. The summed E-state index contributed by atoms with van der Waals surface area (Å²) in [5, 5.41) is 2.67. The molecule has 5 nitrogen and oxygen atoms in total. The van der Waals surface area contributed by atoms with Gasteiger partial charge in [0.2, 0.25) is 5.95 Å². The van der Waals surface area contributed by atoms with E-state index in [4.69, 9.17) is 5.73 Å². The zero-order valence-corrected chi connectivity index (χ0v) is 10.7. The van der Waals surface area contributed by atoms with Gasteiger partial charge in [0.1, 0.15) is 10.8 Å². The van der Waals surface area contributed by atoms with Gasteiger partial charge in [-0.15, -0.1) is 11.3 Å². The van der Waals surface area contributed by atoms with Crippen LogP contribution in [0.15, 0.2) is 17.8 Å². The summed E-state index contributed by atoms with van der Waals surface area (Å²) in [6.07, 6.45) is 3.58. The number of aromatic nitrogens is 3. The molecule has 17 heavy (non-hydrogen) atoms. The van der Waals surface area contributed by atoms with E-state index < -0.39 is 0 Å². The Hall–Kier alpha value is -1.69. The fourth-order valence-electron chi connectivity index (χ4n) is 1.52. The molecule has 2 N–H and O–H groups in total. The average Bonchev–Trinajstić information content (AvgIpc) is 2.78. The van der Waals surface area contributed by atoms with E-state index in [1.807, 2.05) is 5.38 Å². The second-order valence-electron chi connectivity index (χ2n) is 3.52. The maximum atomic E-state index is 5.59. The molecule has 2 aromatic rings. The van der Waals surface area contributed by atoms with E-state index >= 15 is 0 Å². The van der Waals surface area contributed by atoms with Gasteiger partial charge in [-0.1, -0.05) is 0 Å². The van der Waals surface area contributed by atoms with E-state index in [0.717, 1.165) is 29.6 Å². The van der Waals surface area contributed by atoms with Crippen molar-refractivity contribution in [2.45, 2.75) is 13.8 Å². The monoisotopic (exact) mass is 249 g/mol. The van der Waals surface area contributed by atoms with Gasteiger partial charge in [0.15, 0.2) is 0 Å². The molecule has 0 aliphatic rings. The molecule has 0 aliphatic carbocycles. The zero-order chi connectivity index (χ0) is 12.3. The fraction of sp³-hybridized carbons (Fsp3) is 0.364. The first kappa shape index (κ1) is 11.8. The second-order valence-corrected chi connectivity index (χ2v) is 4.38. The SMILES string of the molecule is CCN(CC)c1ncc(-c2nc(N)cs2)cn1. The lowest BCUT2D eigenvalue weighted by atomic mass is 10.3. The third-order valence-electron chi connectivity index (χ3n) is 2.45. The summed E-state index contributed by atoms with van der Waals surface area (Å²) in [5.74, 6) is 1.29. The smallest absolute Gasteiger partial charge is 0.225 e. The average molecular weight is 249 g/mol. The Morgan fingerprint density at radius 3 is 2.35 bits per heavy atom. The number of nitrogens with two attached hydrogens (primary N) is 1. The standard InChI is InChI=1S/C11H15N5S/c1-3-16(4-2)11-13-5-8(6-14-11)10-15-9(12)7-17-10/h5-7H,3-4,12H2,1-2H3. The van der Waals surface area contributed by atoms with Gasteiger partial charge in [0.25, 0.3) is 0 Å². The first-order valence-electron chi connectivity index (χ1n) is 5.53. The van der Waals surface area contributed by atoms with Crippen molar-refractivity contribution in [2.24, 2.45) is 0 Å². The molecule has 2 aromatic heterocycles. The highest BCUT2D eigenvalue weighted by Crippen LogP contribution is 2.23. The predicted octanol–water partition coefficient (Wildman–Crippen LogP) is 2.03. The van der Waals surface area contributed by atoms with Crippen LogP contribution >= 0.6 is 11.3 Å². The van der Waals surface area contributed by atoms with Crippen molar-refractivity contribution in [2.75, 3.05) is 23.7 Å². The Labute approximate surface area is 104 Å². The van der Waals surface area contributed by atoms with Gasteiger partial charge in [-0.25, -0.2) is 15.0 Å². The van der Waals surface area contributed by atoms with E-state index in [1.54, 1.807) is 12.4 Å². The second kappa shape index (κ2) is 5.09. The van der Waals surface area contributed by atoms with Crippen molar-refractivity contribution in [3.8, 4) is 10.6 Å². The molecule has 0 radical (unpaired) electrons. The Balaban J connectivity index is 2.23. The molecule has 0 amide bonds. The first-order chi connectivity index (χ1) is 8.24. The van der Waals surface area contributed by atoms with Crippen LogP contribution in [0.4, 0.5) is 11.8 Å². The number of hydrogen-bond donors (Lipinski definition) is 1. The van der Waals surface area contributed by atoms with Crippen molar-refractivity contribution in [1.82, 2.24) is 15.0 Å². The lowest BCUT2D eigenvalue weighted by Crippen LogP contribution is -2.23. The van der Waals surface area contributed by atoms with Gasteiger partial charge in [0.05, 0.1) is 0 Å². The Morgan fingerprint density at radius 1 is 1.24 bits per heavy atom. The van der Waals surface area contributed by atoms with Crippen LogP contribution in [0.25, 0.3) is 10.6 Å². The largest absolute Gasteiger partial charge is 0.383 e. The molecule has 0 atom stereocenters. The number of thiazole rings is 1. The number of anilines is 2. The molecule has 0 saturated carbocycles.